The van der Waals surface area contributed by atoms with Gasteiger partial charge in [0, 0.05) is 8.04 Å². The van der Waals surface area contributed by atoms with Gasteiger partial charge in [-0.15, -0.1) is 0 Å². The van der Waals surface area contributed by atoms with E-state index in [1.54, 1.807) is 12.1 Å². The lowest BCUT2D eigenvalue weighted by Gasteiger charge is -2.05. The highest BCUT2D eigenvalue weighted by Gasteiger charge is 2.05. The van der Waals surface area contributed by atoms with Crippen LogP contribution < -0.4 is 4.72 Å². The maximum atomic E-state index is 10.9. The minimum Gasteiger partial charge on any atom is -0.283 e. The molecule has 0 heterocycles. The molecule has 0 aliphatic rings. The molecule has 6 heteroatoms. The van der Waals surface area contributed by atoms with Crippen LogP contribution in [0.2, 0.25) is 0 Å². The molecule has 1 N–H and O–H groups in total. The average molecular weight is 376 g/mol. The predicted octanol–water partition coefficient (Wildman–Crippen LogP) is 2.43. The van der Waals surface area contributed by atoms with Crippen molar-refractivity contribution in [2.75, 3.05) is 11.0 Å². The van der Waals surface area contributed by atoms with E-state index >= 15 is 0 Å². The number of sulfonamides is 1. The van der Waals surface area contributed by atoms with Crippen molar-refractivity contribution < 1.29 is 8.42 Å². The second-order valence-corrected chi connectivity index (χ2v) is 6.32. The third-order valence-electron chi connectivity index (χ3n) is 1.23. The lowest BCUT2D eigenvalue weighted by atomic mass is 10.3. The molecule has 0 amide bonds. The van der Waals surface area contributed by atoms with Gasteiger partial charge in [-0.1, -0.05) is 15.9 Å². The topological polar surface area (TPSA) is 46.2 Å². The molecule has 0 atom stereocenters. The molecule has 0 saturated carbocycles. The van der Waals surface area contributed by atoms with Crippen LogP contribution in [0.25, 0.3) is 0 Å². The van der Waals surface area contributed by atoms with Crippen molar-refractivity contribution >= 4 is 54.2 Å². The maximum Gasteiger partial charge on any atom is 0.229 e. The van der Waals surface area contributed by atoms with Crippen LogP contribution in [0.4, 0.5) is 5.69 Å². The Balaban J connectivity index is 3.04. The number of nitrogens with one attached hydrogen (secondary N) is 1. The quantitative estimate of drug-likeness (QED) is 0.807. The number of anilines is 1. The number of benzene rings is 1. The van der Waals surface area contributed by atoms with Crippen molar-refractivity contribution in [3.63, 3.8) is 0 Å². The summed E-state index contributed by atoms with van der Waals surface area (Å²) in [6.07, 6.45) is 1.13. The summed E-state index contributed by atoms with van der Waals surface area (Å²) in [4.78, 5) is 0. The second kappa shape index (κ2) is 4.14. The number of hydrogen-bond donors (Lipinski definition) is 1. The second-order valence-electron chi connectivity index (χ2n) is 2.50. The summed E-state index contributed by atoms with van der Waals surface area (Å²) in [5.74, 6) is 0. The van der Waals surface area contributed by atoms with E-state index in [-0.39, 0.29) is 0 Å². The molecule has 0 radical (unpaired) electrons. The van der Waals surface area contributed by atoms with Crippen molar-refractivity contribution in [2.24, 2.45) is 0 Å². The van der Waals surface area contributed by atoms with E-state index in [0.717, 1.165) is 14.3 Å². The third-order valence-corrected chi connectivity index (χ3v) is 3.20. The summed E-state index contributed by atoms with van der Waals surface area (Å²) in [6, 6.07) is 5.34. The Morgan fingerprint density at radius 2 is 2.08 bits per heavy atom. The number of rotatable bonds is 2. The van der Waals surface area contributed by atoms with E-state index in [1.165, 1.54) is 0 Å². The first kappa shape index (κ1) is 11.3. The molecule has 3 nitrogen and oxygen atoms in total. The summed E-state index contributed by atoms with van der Waals surface area (Å²) < 4.78 is 26.0. The van der Waals surface area contributed by atoms with Gasteiger partial charge in [-0.2, -0.15) is 0 Å². The average Bonchev–Trinajstić information content (AvgIpc) is 1.93. The smallest absolute Gasteiger partial charge is 0.229 e. The zero-order valence-corrected chi connectivity index (χ0v) is 11.3. The van der Waals surface area contributed by atoms with Gasteiger partial charge in [0.15, 0.2) is 0 Å². The van der Waals surface area contributed by atoms with E-state index in [0.29, 0.717) is 5.69 Å². The number of hydrogen-bond acceptors (Lipinski definition) is 2. The van der Waals surface area contributed by atoms with E-state index in [2.05, 4.69) is 43.2 Å². The summed E-state index contributed by atoms with van der Waals surface area (Å²) in [5.41, 5.74) is 0.603. The molecule has 1 rings (SSSR count). The monoisotopic (exact) mass is 375 g/mol. The van der Waals surface area contributed by atoms with Crippen LogP contribution in [0.1, 0.15) is 0 Å². The van der Waals surface area contributed by atoms with Crippen LogP contribution in [0.5, 0.6) is 0 Å². The van der Waals surface area contributed by atoms with Gasteiger partial charge in [-0.3, -0.25) is 4.72 Å². The van der Waals surface area contributed by atoms with E-state index in [9.17, 15) is 8.42 Å². The normalized spacial score (nSPS) is 11.3. The molecule has 0 aromatic heterocycles. The first-order valence-corrected chi connectivity index (χ1v) is 7.07. The van der Waals surface area contributed by atoms with E-state index in [4.69, 9.17) is 0 Å². The molecule has 0 aliphatic carbocycles. The molecule has 1 aromatic rings. The molecule has 0 saturated heterocycles. The van der Waals surface area contributed by atoms with Gasteiger partial charge >= 0.3 is 0 Å². The molecule has 72 valence electrons. The SMILES string of the molecule is CS(=O)(=O)Nc1ccc(Br)cc1I. The Hall–Kier alpha value is 0.180. The first-order chi connectivity index (χ1) is 5.88. The number of halogens is 2. The molecular weight excluding hydrogens is 369 g/mol. The van der Waals surface area contributed by atoms with Crippen LogP contribution >= 0.6 is 38.5 Å². The summed E-state index contributed by atoms with van der Waals surface area (Å²) >= 11 is 5.36. The molecule has 0 fully saturated rings. The fourth-order valence-corrected chi connectivity index (χ4v) is 2.97. The zero-order chi connectivity index (χ0) is 10.1. The lowest BCUT2D eigenvalue weighted by molar-refractivity contribution is 0.607. The van der Waals surface area contributed by atoms with Crippen molar-refractivity contribution in [3.05, 3.63) is 26.2 Å². The Morgan fingerprint density at radius 3 is 2.54 bits per heavy atom. The van der Waals surface area contributed by atoms with Crippen LogP contribution in [0.15, 0.2) is 22.7 Å². The van der Waals surface area contributed by atoms with Crippen molar-refractivity contribution in [3.8, 4) is 0 Å². The molecule has 13 heavy (non-hydrogen) atoms. The standard InChI is InChI=1S/C7H7BrINO2S/c1-13(11,12)10-7-3-2-5(8)4-6(7)9/h2-4,10H,1H3. The van der Waals surface area contributed by atoms with Gasteiger partial charge in [-0.25, -0.2) is 8.42 Å². The summed E-state index contributed by atoms with van der Waals surface area (Å²) in [5, 5.41) is 0. The van der Waals surface area contributed by atoms with E-state index < -0.39 is 10.0 Å². The lowest BCUT2D eigenvalue weighted by Crippen LogP contribution is -2.10. The minimum atomic E-state index is -3.18. The maximum absolute atomic E-state index is 10.9. The summed E-state index contributed by atoms with van der Waals surface area (Å²) in [7, 11) is -3.18. The fourth-order valence-electron chi connectivity index (χ4n) is 0.772. The van der Waals surface area contributed by atoms with Crippen LogP contribution in [0, 0.1) is 3.57 Å². The molecule has 1 aromatic carbocycles. The van der Waals surface area contributed by atoms with Crippen LogP contribution in [0.3, 0.4) is 0 Å². The molecule has 0 bridgehead atoms. The van der Waals surface area contributed by atoms with Crippen LogP contribution in [-0.2, 0) is 10.0 Å². The highest BCUT2D eigenvalue weighted by molar-refractivity contribution is 14.1. The Labute approximate surface area is 99.2 Å². The Morgan fingerprint density at radius 1 is 1.46 bits per heavy atom. The molecular formula is C7H7BrINO2S. The fraction of sp³-hybridized carbons (Fsp3) is 0.143. The molecule has 0 aliphatic heterocycles. The largest absolute Gasteiger partial charge is 0.283 e. The van der Waals surface area contributed by atoms with Gasteiger partial charge in [-0.05, 0) is 40.8 Å². The first-order valence-electron chi connectivity index (χ1n) is 3.31. The molecule has 0 unspecified atom stereocenters. The third kappa shape index (κ3) is 3.82. The van der Waals surface area contributed by atoms with Crippen molar-refractivity contribution in [1.29, 1.82) is 0 Å². The van der Waals surface area contributed by atoms with Gasteiger partial charge < -0.3 is 0 Å². The van der Waals surface area contributed by atoms with Gasteiger partial charge in [0.2, 0.25) is 10.0 Å². The van der Waals surface area contributed by atoms with Gasteiger partial charge in [0.05, 0.1) is 11.9 Å². The molecule has 0 spiro atoms. The Kier molecular flexibility index (Phi) is 3.58. The predicted molar refractivity (Wildman–Crippen MR) is 65.3 cm³/mol. The van der Waals surface area contributed by atoms with Gasteiger partial charge in [0.25, 0.3) is 0 Å². The highest BCUT2D eigenvalue weighted by atomic mass is 127. The highest BCUT2D eigenvalue weighted by Crippen LogP contribution is 2.23. The van der Waals surface area contributed by atoms with Crippen LogP contribution in [-0.4, -0.2) is 14.7 Å². The minimum absolute atomic E-state index is 0.603. The van der Waals surface area contributed by atoms with E-state index in [1.807, 2.05) is 6.07 Å². The Bertz CT molecular complexity index is 419. The summed E-state index contributed by atoms with van der Waals surface area (Å²) in [6.45, 7) is 0. The van der Waals surface area contributed by atoms with Crippen molar-refractivity contribution in [2.45, 2.75) is 0 Å². The van der Waals surface area contributed by atoms with Gasteiger partial charge in [0.1, 0.15) is 0 Å². The zero-order valence-electron chi connectivity index (χ0n) is 6.71. The van der Waals surface area contributed by atoms with Crippen molar-refractivity contribution in [1.82, 2.24) is 0 Å².